The summed E-state index contributed by atoms with van der Waals surface area (Å²) >= 11 is 0. The number of para-hydroxylation sites is 1. The Kier molecular flexibility index (Phi) is 5.57. The summed E-state index contributed by atoms with van der Waals surface area (Å²) in [5.41, 5.74) is 4.45. The number of hydrogen-bond donors (Lipinski definition) is 1. The molecule has 9 nitrogen and oxygen atoms in total. The zero-order valence-electron chi connectivity index (χ0n) is 18.3. The SMILES string of the molecule is Cc1ccc(-c2cc(NC(=O)COC(=O)c3ccc4nncn4c3)n(-c3ccccc3)n2)cc1. The van der Waals surface area contributed by atoms with E-state index in [9.17, 15) is 9.59 Å². The molecule has 0 saturated heterocycles. The molecule has 0 unspecified atom stereocenters. The second-order valence-electron chi connectivity index (χ2n) is 7.67. The minimum atomic E-state index is -0.623. The lowest BCUT2D eigenvalue weighted by molar-refractivity contribution is -0.119. The summed E-state index contributed by atoms with van der Waals surface area (Å²) in [6.07, 6.45) is 3.03. The van der Waals surface area contributed by atoms with Gasteiger partial charge in [-0.05, 0) is 31.2 Å². The number of nitrogens with zero attached hydrogens (tertiary/aromatic N) is 5. The van der Waals surface area contributed by atoms with Gasteiger partial charge in [-0.2, -0.15) is 5.10 Å². The molecule has 5 aromatic rings. The van der Waals surface area contributed by atoms with Crippen LogP contribution in [-0.4, -0.2) is 42.9 Å². The van der Waals surface area contributed by atoms with Gasteiger partial charge in [-0.1, -0.05) is 48.0 Å². The third kappa shape index (κ3) is 4.40. The fourth-order valence-corrected chi connectivity index (χ4v) is 3.44. The predicted octanol–water partition coefficient (Wildman–Crippen LogP) is 3.69. The molecule has 9 heteroatoms. The molecule has 3 aromatic heterocycles. The van der Waals surface area contributed by atoms with Crippen LogP contribution in [0.25, 0.3) is 22.6 Å². The zero-order chi connectivity index (χ0) is 23.5. The normalized spacial score (nSPS) is 10.9. The molecule has 0 aliphatic rings. The van der Waals surface area contributed by atoms with Gasteiger partial charge < -0.3 is 10.1 Å². The number of pyridine rings is 1. The molecule has 5 rings (SSSR count). The zero-order valence-corrected chi connectivity index (χ0v) is 18.3. The van der Waals surface area contributed by atoms with Gasteiger partial charge in [0.25, 0.3) is 5.91 Å². The second-order valence-corrected chi connectivity index (χ2v) is 7.67. The van der Waals surface area contributed by atoms with Crippen molar-refractivity contribution in [1.82, 2.24) is 24.4 Å². The number of rotatable bonds is 6. The Balaban J connectivity index is 1.33. The van der Waals surface area contributed by atoms with Crippen LogP contribution in [0.2, 0.25) is 0 Å². The highest BCUT2D eigenvalue weighted by Crippen LogP contribution is 2.25. The van der Waals surface area contributed by atoms with Gasteiger partial charge in [-0.15, -0.1) is 10.2 Å². The van der Waals surface area contributed by atoms with E-state index in [2.05, 4.69) is 20.6 Å². The van der Waals surface area contributed by atoms with E-state index >= 15 is 0 Å². The van der Waals surface area contributed by atoms with Crippen LogP contribution in [0.1, 0.15) is 15.9 Å². The molecule has 0 aliphatic heterocycles. The molecule has 0 bridgehead atoms. The largest absolute Gasteiger partial charge is 0.452 e. The monoisotopic (exact) mass is 452 g/mol. The number of amides is 1. The number of hydrogen-bond acceptors (Lipinski definition) is 6. The summed E-state index contributed by atoms with van der Waals surface area (Å²) in [6, 6.07) is 22.4. The Bertz CT molecular complexity index is 1470. The molecule has 168 valence electrons. The maximum absolute atomic E-state index is 12.6. The van der Waals surface area contributed by atoms with Gasteiger partial charge >= 0.3 is 5.97 Å². The first-order valence-electron chi connectivity index (χ1n) is 10.6. The van der Waals surface area contributed by atoms with Crippen LogP contribution in [0.3, 0.4) is 0 Å². The van der Waals surface area contributed by atoms with Crippen LogP contribution < -0.4 is 5.32 Å². The van der Waals surface area contributed by atoms with E-state index in [1.807, 2.05) is 61.5 Å². The number of nitrogens with one attached hydrogen (secondary N) is 1. The van der Waals surface area contributed by atoms with Crippen LogP contribution >= 0.6 is 0 Å². The van der Waals surface area contributed by atoms with Gasteiger partial charge in [0.15, 0.2) is 12.3 Å². The summed E-state index contributed by atoms with van der Waals surface area (Å²) < 4.78 is 8.45. The van der Waals surface area contributed by atoms with E-state index in [0.717, 1.165) is 16.8 Å². The molecule has 0 saturated carbocycles. The number of ether oxygens (including phenoxy) is 1. The standard InChI is InChI=1S/C25H20N6O3/c1-17-7-9-18(10-8-17)21-13-23(31(29-21)20-5-3-2-4-6-20)27-24(32)15-34-25(33)19-11-12-22-28-26-16-30(22)14-19/h2-14,16H,15H2,1H3,(H,27,32). The molecule has 34 heavy (non-hydrogen) atoms. The average molecular weight is 452 g/mol. The molecule has 0 aliphatic carbocycles. The highest BCUT2D eigenvalue weighted by atomic mass is 16.5. The third-order valence-electron chi connectivity index (χ3n) is 5.19. The smallest absolute Gasteiger partial charge is 0.340 e. The first-order valence-corrected chi connectivity index (χ1v) is 10.6. The van der Waals surface area contributed by atoms with E-state index in [0.29, 0.717) is 17.2 Å². The van der Waals surface area contributed by atoms with Crippen molar-refractivity contribution < 1.29 is 14.3 Å². The Morgan fingerprint density at radius 1 is 1.00 bits per heavy atom. The molecular formula is C25H20N6O3. The summed E-state index contributed by atoms with van der Waals surface area (Å²) in [4.78, 5) is 25.0. The molecule has 2 aromatic carbocycles. The predicted molar refractivity (Wildman–Crippen MR) is 126 cm³/mol. The number of benzene rings is 2. The highest BCUT2D eigenvalue weighted by molar-refractivity contribution is 5.95. The topological polar surface area (TPSA) is 103 Å². The van der Waals surface area contributed by atoms with Crippen LogP contribution in [-0.2, 0) is 9.53 Å². The number of aryl methyl sites for hydroxylation is 1. The van der Waals surface area contributed by atoms with Gasteiger partial charge in [0, 0.05) is 17.8 Å². The lowest BCUT2D eigenvalue weighted by Crippen LogP contribution is -2.22. The number of carbonyl (C=O) groups excluding carboxylic acids is 2. The maximum atomic E-state index is 12.6. The molecule has 0 atom stereocenters. The summed E-state index contributed by atoms with van der Waals surface area (Å²) in [5, 5.41) is 15.1. The van der Waals surface area contributed by atoms with Crippen molar-refractivity contribution >= 4 is 23.3 Å². The number of esters is 1. The average Bonchev–Trinajstić information content (AvgIpc) is 3.50. The van der Waals surface area contributed by atoms with Crippen molar-refractivity contribution in [3.63, 3.8) is 0 Å². The van der Waals surface area contributed by atoms with Crippen molar-refractivity contribution in [2.24, 2.45) is 0 Å². The minimum absolute atomic E-state index is 0.288. The molecule has 0 radical (unpaired) electrons. The number of fused-ring (bicyclic) bond motifs is 1. The van der Waals surface area contributed by atoms with Crippen LogP contribution in [0, 0.1) is 6.92 Å². The van der Waals surface area contributed by atoms with Gasteiger partial charge in [0.2, 0.25) is 0 Å². The minimum Gasteiger partial charge on any atom is -0.452 e. The first-order chi connectivity index (χ1) is 16.6. The second kappa shape index (κ2) is 8.99. The molecular weight excluding hydrogens is 432 g/mol. The molecule has 0 spiro atoms. The van der Waals surface area contributed by atoms with E-state index in [1.54, 1.807) is 33.5 Å². The van der Waals surface area contributed by atoms with Crippen LogP contribution in [0.5, 0.6) is 0 Å². The molecule has 0 fully saturated rings. The third-order valence-corrected chi connectivity index (χ3v) is 5.19. The van der Waals surface area contributed by atoms with Gasteiger partial charge in [0.05, 0.1) is 16.9 Å². The number of aromatic nitrogens is 5. The lowest BCUT2D eigenvalue weighted by atomic mass is 10.1. The van der Waals surface area contributed by atoms with Crippen molar-refractivity contribution in [3.05, 3.63) is 96.4 Å². The van der Waals surface area contributed by atoms with Crippen molar-refractivity contribution in [2.45, 2.75) is 6.92 Å². The van der Waals surface area contributed by atoms with Crippen molar-refractivity contribution in [3.8, 4) is 16.9 Å². The Morgan fingerprint density at radius 2 is 1.79 bits per heavy atom. The van der Waals surface area contributed by atoms with E-state index in [1.165, 1.54) is 6.33 Å². The van der Waals surface area contributed by atoms with E-state index < -0.39 is 18.5 Å². The fourth-order valence-electron chi connectivity index (χ4n) is 3.44. The molecule has 3 heterocycles. The quantitative estimate of drug-likeness (QED) is 0.394. The fraction of sp³-hybridized carbons (Fsp3) is 0.0800. The number of carbonyl (C=O) groups is 2. The Hall–Kier alpha value is -4.79. The van der Waals surface area contributed by atoms with Crippen molar-refractivity contribution in [1.29, 1.82) is 0 Å². The Labute approximate surface area is 194 Å². The van der Waals surface area contributed by atoms with Gasteiger partial charge in [0.1, 0.15) is 12.1 Å². The summed E-state index contributed by atoms with van der Waals surface area (Å²) in [6.45, 7) is 1.57. The number of anilines is 1. The molecule has 1 amide bonds. The summed E-state index contributed by atoms with van der Waals surface area (Å²) in [7, 11) is 0. The maximum Gasteiger partial charge on any atom is 0.340 e. The van der Waals surface area contributed by atoms with Gasteiger partial charge in [-0.3, -0.25) is 9.20 Å². The van der Waals surface area contributed by atoms with E-state index in [-0.39, 0.29) is 5.56 Å². The molecule has 1 N–H and O–H groups in total. The summed E-state index contributed by atoms with van der Waals surface area (Å²) in [5.74, 6) is -0.636. The highest BCUT2D eigenvalue weighted by Gasteiger charge is 2.16. The van der Waals surface area contributed by atoms with Crippen LogP contribution in [0.4, 0.5) is 5.82 Å². The van der Waals surface area contributed by atoms with Crippen molar-refractivity contribution in [2.75, 3.05) is 11.9 Å². The first kappa shape index (κ1) is 21.1. The van der Waals surface area contributed by atoms with E-state index in [4.69, 9.17) is 4.74 Å². The Morgan fingerprint density at radius 3 is 2.59 bits per heavy atom. The lowest BCUT2D eigenvalue weighted by Gasteiger charge is -2.09. The van der Waals surface area contributed by atoms with Crippen LogP contribution in [0.15, 0.2) is 85.3 Å². The van der Waals surface area contributed by atoms with Gasteiger partial charge in [-0.25, -0.2) is 9.48 Å².